The third-order valence-electron chi connectivity index (χ3n) is 5.20. The molecule has 3 heterocycles. The minimum absolute atomic E-state index is 0.0299. The normalized spacial score (nSPS) is 17.6. The second kappa shape index (κ2) is 8.19. The fourth-order valence-corrected chi connectivity index (χ4v) is 6.06. The second-order valence-electron chi connectivity index (χ2n) is 7.29. The van der Waals surface area contributed by atoms with Gasteiger partial charge in [-0.15, -0.1) is 11.3 Å². The molecule has 1 amide bonds. The molecule has 1 atom stereocenters. The van der Waals surface area contributed by atoms with Gasteiger partial charge in [0, 0.05) is 23.1 Å². The Bertz CT molecular complexity index is 1320. The largest absolute Gasteiger partial charge is 0.332 e. The number of hydrogen-bond acceptors (Lipinski definition) is 8. The summed E-state index contributed by atoms with van der Waals surface area (Å²) in [6.45, 7) is -0.0423. The van der Waals surface area contributed by atoms with E-state index in [-0.39, 0.29) is 47.1 Å². The molecule has 31 heavy (non-hydrogen) atoms. The number of thiophene rings is 1. The summed E-state index contributed by atoms with van der Waals surface area (Å²) in [6, 6.07) is 7.00. The van der Waals surface area contributed by atoms with Crippen molar-refractivity contribution in [2.75, 3.05) is 11.5 Å². The topological polar surface area (TPSA) is 132 Å². The standard InChI is InChI=1S/C19H18N4O6S2/c24-18(22(9-15-2-1-6-30-15)14-5-7-31(28,29)11-14)10-21-12-20-17-8-13(23(26)27)3-4-16(17)19(21)25/h1-4,6,8,12,14H,5,7,9-11H2. The van der Waals surface area contributed by atoms with Crippen LogP contribution in [0.1, 0.15) is 11.3 Å². The van der Waals surface area contributed by atoms with Crippen LogP contribution in [0.15, 0.2) is 46.8 Å². The predicted molar refractivity (Wildman–Crippen MR) is 115 cm³/mol. The first kappa shape index (κ1) is 21.1. The van der Waals surface area contributed by atoms with E-state index in [4.69, 9.17) is 0 Å². The fourth-order valence-electron chi connectivity index (χ4n) is 3.62. The van der Waals surface area contributed by atoms with Crippen LogP contribution in [0, 0.1) is 10.1 Å². The summed E-state index contributed by atoms with van der Waals surface area (Å²) in [4.78, 5) is 42.8. The molecule has 0 N–H and O–H groups in total. The van der Waals surface area contributed by atoms with Crippen molar-refractivity contribution < 1.29 is 18.1 Å². The number of rotatable bonds is 6. The van der Waals surface area contributed by atoms with E-state index in [0.717, 1.165) is 9.44 Å². The number of non-ortho nitro benzene ring substituents is 1. The van der Waals surface area contributed by atoms with Gasteiger partial charge < -0.3 is 4.90 Å². The highest BCUT2D eigenvalue weighted by atomic mass is 32.2. The average molecular weight is 463 g/mol. The molecule has 0 bridgehead atoms. The van der Waals surface area contributed by atoms with Gasteiger partial charge in [0.25, 0.3) is 11.2 Å². The zero-order chi connectivity index (χ0) is 22.2. The van der Waals surface area contributed by atoms with Gasteiger partial charge in [0.05, 0.1) is 40.2 Å². The Morgan fingerprint density at radius 1 is 1.35 bits per heavy atom. The van der Waals surface area contributed by atoms with Crippen molar-refractivity contribution in [3.8, 4) is 0 Å². The maximum Gasteiger partial charge on any atom is 0.271 e. The summed E-state index contributed by atoms with van der Waals surface area (Å²) in [5.41, 5.74) is -0.513. The van der Waals surface area contributed by atoms with Crippen LogP contribution in [0.3, 0.4) is 0 Å². The Labute approximate surface area is 180 Å². The van der Waals surface area contributed by atoms with Gasteiger partial charge in [-0.25, -0.2) is 13.4 Å². The van der Waals surface area contributed by atoms with Gasteiger partial charge in [0.2, 0.25) is 5.91 Å². The highest BCUT2D eigenvalue weighted by molar-refractivity contribution is 7.91. The first-order valence-corrected chi connectivity index (χ1v) is 12.1. The molecule has 4 rings (SSSR count). The number of aromatic nitrogens is 2. The number of sulfone groups is 1. The monoisotopic (exact) mass is 462 g/mol. The lowest BCUT2D eigenvalue weighted by Crippen LogP contribution is -2.43. The minimum Gasteiger partial charge on any atom is -0.332 e. The van der Waals surface area contributed by atoms with Crippen molar-refractivity contribution in [1.29, 1.82) is 0 Å². The van der Waals surface area contributed by atoms with E-state index in [1.165, 1.54) is 40.8 Å². The van der Waals surface area contributed by atoms with Crippen molar-refractivity contribution in [2.24, 2.45) is 0 Å². The number of nitro groups is 1. The van der Waals surface area contributed by atoms with Gasteiger partial charge in [-0.2, -0.15) is 0 Å². The molecular weight excluding hydrogens is 444 g/mol. The number of nitrogens with zero attached hydrogens (tertiary/aromatic N) is 4. The van der Waals surface area contributed by atoms with Gasteiger partial charge in [0.1, 0.15) is 6.54 Å². The summed E-state index contributed by atoms with van der Waals surface area (Å²) in [5.74, 6) is -0.457. The molecule has 2 aromatic heterocycles. The van der Waals surface area contributed by atoms with E-state index in [2.05, 4.69) is 4.98 Å². The number of nitro benzene ring substituents is 1. The molecule has 12 heteroatoms. The summed E-state index contributed by atoms with van der Waals surface area (Å²) in [5, 5.41) is 13.0. The quantitative estimate of drug-likeness (QED) is 0.401. The molecule has 0 aliphatic carbocycles. The SMILES string of the molecule is O=C(Cn1cnc2cc([N+](=O)[O-])ccc2c1=O)N(Cc1cccs1)C1CCS(=O)(=O)C1. The molecule has 0 radical (unpaired) electrons. The van der Waals surface area contributed by atoms with Crippen molar-refractivity contribution in [3.63, 3.8) is 0 Å². The maximum atomic E-state index is 13.1. The van der Waals surface area contributed by atoms with Crippen molar-refractivity contribution in [1.82, 2.24) is 14.5 Å². The molecule has 1 aromatic carbocycles. The Morgan fingerprint density at radius 3 is 2.81 bits per heavy atom. The molecule has 0 saturated carbocycles. The van der Waals surface area contributed by atoms with Crippen LogP contribution in [-0.2, 0) is 27.7 Å². The van der Waals surface area contributed by atoms with E-state index in [0.29, 0.717) is 6.42 Å². The van der Waals surface area contributed by atoms with Crippen molar-refractivity contribution in [2.45, 2.75) is 25.6 Å². The van der Waals surface area contributed by atoms with Gasteiger partial charge >= 0.3 is 0 Å². The number of amides is 1. The average Bonchev–Trinajstić information content (AvgIpc) is 3.36. The lowest BCUT2D eigenvalue weighted by Gasteiger charge is -2.28. The number of fused-ring (bicyclic) bond motifs is 1. The van der Waals surface area contributed by atoms with Crippen molar-refractivity contribution in [3.05, 3.63) is 67.4 Å². The predicted octanol–water partition coefficient (Wildman–Crippen LogP) is 1.58. The van der Waals surface area contributed by atoms with Crippen LogP contribution in [0.5, 0.6) is 0 Å². The zero-order valence-corrected chi connectivity index (χ0v) is 17.8. The lowest BCUT2D eigenvalue weighted by molar-refractivity contribution is -0.384. The number of carbonyl (C=O) groups excluding carboxylic acids is 1. The van der Waals surface area contributed by atoms with Crippen molar-refractivity contribution >= 4 is 43.7 Å². The Morgan fingerprint density at radius 2 is 2.16 bits per heavy atom. The second-order valence-corrected chi connectivity index (χ2v) is 10.6. The number of hydrogen-bond donors (Lipinski definition) is 0. The van der Waals surface area contributed by atoms with Gasteiger partial charge in [-0.1, -0.05) is 6.07 Å². The molecule has 1 aliphatic heterocycles. The fraction of sp³-hybridized carbons (Fsp3) is 0.316. The van der Waals surface area contributed by atoms with Crippen LogP contribution in [-0.4, -0.2) is 51.2 Å². The Kier molecular flexibility index (Phi) is 5.58. The Balaban J connectivity index is 1.62. The summed E-state index contributed by atoms with van der Waals surface area (Å²) < 4.78 is 25.1. The van der Waals surface area contributed by atoms with Gasteiger partial charge in [-0.3, -0.25) is 24.3 Å². The zero-order valence-electron chi connectivity index (χ0n) is 16.2. The van der Waals surface area contributed by atoms with Crippen LogP contribution >= 0.6 is 11.3 Å². The lowest BCUT2D eigenvalue weighted by atomic mass is 10.2. The summed E-state index contributed by atoms with van der Waals surface area (Å²) in [6.07, 6.45) is 1.54. The first-order valence-electron chi connectivity index (χ1n) is 9.39. The molecule has 1 aliphatic rings. The summed E-state index contributed by atoms with van der Waals surface area (Å²) >= 11 is 1.46. The van der Waals surface area contributed by atoms with E-state index in [1.54, 1.807) is 0 Å². The van der Waals surface area contributed by atoms with Gasteiger partial charge in [-0.05, 0) is 23.9 Å². The van der Waals surface area contributed by atoms with Crippen LogP contribution in [0.2, 0.25) is 0 Å². The van der Waals surface area contributed by atoms with Crippen LogP contribution in [0.25, 0.3) is 10.9 Å². The van der Waals surface area contributed by atoms with Crippen LogP contribution in [0.4, 0.5) is 5.69 Å². The Hall–Kier alpha value is -3.12. The van der Waals surface area contributed by atoms with Crippen LogP contribution < -0.4 is 5.56 Å². The number of benzene rings is 1. The third-order valence-corrected chi connectivity index (χ3v) is 7.81. The molecule has 162 valence electrons. The molecule has 1 saturated heterocycles. The highest BCUT2D eigenvalue weighted by Crippen LogP contribution is 2.22. The molecule has 10 nitrogen and oxygen atoms in total. The third kappa shape index (κ3) is 4.49. The summed E-state index contributed by atoms with van der Waals surface area (Å²) in [7, 11) is -3.20. The maximum absolute atomic E-state index is 13.1. The molecule has 1 unspecified atom stereocenters. The highest BCUT2D eigenvalue weighted by Gasteiger charge is 2.35. The minimum atomic E-state index is -3.20. The van der Waals surface area contributed by atoms with E-state index in [1.807, 2.05) is 17.5 Å². The van der Waals surface area contributed by atoms with E-state index < -0.39 is 26.4 Å². The van der Waals surface area contributed by atoms with Gasteiger partial charge in [0.15, 0.2) is 9.84 Å². The molecular formula is C19H18N4O6S2. The molecule has 1 fully saturated rings. The smallest absolute Gasteiger partial charge is 0.271 e. The first-order chi connectivity index (χ1) is 14.7. The molecule has 3 aromatic rings. The molecule has 0 spiro atoms. The number of carbonyl (C=O) groups is 1. The van der Waals surface area contributed by atoms with E-state index >= 15 is 0 Å². The van der Waals surface area contributed by atoms with E-state index in [9.17, 15) is 28.1 Å².